The van der Waals surface area contributed by atoms with Gasteiger partial charge in [0, 0.05) is 22.3 Å². The molecule has 0 amide bonds. The normalized spacial score (nSPS) is 14.3. The Balaban J connectivity index is 2.53. The molecular weight excluding hydrogens is 392 g/mol. The number of carbonyl (C=O) groups is 4. The minimum atomic E-state index is -1.67. The number of rotatable bonds is 6. The second-order valence-electron chi connectivity index (χ2n) is 6.58. The summed E-state index contributed by atoms with van der Waals surface area (Å²) in [5, 5.41) is 40.9. The number of carboxylic acids is 2. The molecule has 8 nitrogen and oxygen atoms in total. The maximum atomic E-state index is 13.0. The third-order valence-corrected chi connectivity index (χ3v) is 5.02. The number of aliphatic carboxylic acids is 2. The number of phenolic OH excluding ortho intramolecular Hbond substituents is 2. The highest BCUT2D eigenvalue weighted by atomic mass is 16.4. The average Bonchev–Trinajstić information content (AvgIpc) is 2.70. The molecule has 1 aliphatic rings. The first kappa shape index (κ1) is 20.5. The van der Waals surface area contributed by atoms with E-state index in [1.807, 2.05) is 0 Å². The smallest absolute Gasteiger partial charge is 0.315 e. The highest BCUT2D eigenvalue weighted by molar-refractivity contribution is 6.30. The SMILES string of the molecule is C=CC(C(=O)O)c1c(O)c2c(c(O)c1C(C=C)C(=O)O)C(=O)c1ccccc1C2=O. The van der Waals surface area contributed by atoms with E-state index >= 15 is 0 Å². The zero-order valence-corrected chi connectivity index (χ0v) is 15.5. The second-order valence-corrected chi connectivity index (χ2v) is 6.58. The molecule has 1 aliphatic carbocycles. The van der Waals surface area contributed by atoms with Crippen LogP contribution in [0.25, 0.3) is 0 Å². The average molecular weight is 408 g/mol. The monoisotopic (exact) mass is 408 g/mol. The van der Waals surface area contributed by atoms with Crippen LogP contribution in [-0.4, -0.2) is 43.9 Å². The Labute approximate surface area is 170 Å². The number of hydrogen-bond donors (Lipinski definition) is 4. The number of carbonyl (C=O) groups excluding carboxylic acids is 2. The van der Waals surface area contributed by atoms with Crippen LogP contribution in [0.2, 0.25) is 0 Å². The summed E-state index contributed by atoms with van der Waals surface area (Å²) in [7, 11) is 0. The standard InChI is InChI=1S/C22H16O8/c1-3-9(21(27)28)13-14(10(4-2)22(29)30)20(26)16-15(19(13)25)17(23)11-7-5-6-8-12(11)18(16)24/h3-10,25-26H,1-2H2,(H,27,28)(H,29,30). The third kappa shape index (κ3) is 2.77. The van der Waals surface area contributed by atoms with E-state index in [4.69, 9.17) is 0 Å². The first-order chi connectivity index (χ1) is 14.2. The van der Waals surface area contributed by atoms with Gasteiger partial charge < -0.3 is 20.4 Å². The van der Waals surface area contributed by atoms with Crippen LogP contribution in [0.3, 0.4) is 0 Å². The highest BCUT2D eigenvalue weighted by Gasteiger charge is 2.41. The maximum Gasteiger partial charge on any atom is 0.315 e. The van der Waals surface area contributed by atoms with Crippen LogP contribution in [0.15, 0.2) is 49.6 Å². The van der Waals surface area contributed by atoms with Crippen molar-refractivity contribution in [2.45, 2.75) is 11.8 Å². The molecule has 4 N–H and O–H groups in total. The Morgan fingerprint density at radius 3 is 1.37 bits per heavy atom. The molecule has 0 bridgehead atoms. The predicted molar refractivity (Wildman–Crippen MR) is 104 cm³/mol. The molecule has 0 spiro atoms. The molecule has 0 saturated carbocycles. The largest absolute Gasteiger partial charge is 0.507 e. The summed E-state index contributed by atoms with van der Waals surface area (Å²) in [4.78, 5) is 49.5. The van der Waals surface area contributed by atoms with Crippen LogP contribution in [0.4, 0.5) is 0 Å². The number of benzene rings is 2. The Morgan fingerprint density at radius 2 is 1.10 bits per heavy atom. The van der Waals surface area contributed by atoms with Crippen molar-refractivity contribution >= 4 is 23.5 Å². The van der Waals surface area contributed by atoms with Gasteiger partial charge in [-0.05, 0) is 0 Å². The number of hydrogen-bond acceptors (Lipinski definition) is 6. The van der Waals surface area contributed by atoms with Crippen molar-refractivity contribution in [2.24, 2.45) is 0 Å². The maximum absolute atomic E-state index is 13.0. The van der Waals surface area contributed by atoms with Gasteiger partial charge >= 0.3 is 11.9 Å². The summed E-state index contributed by atoms with van der Waals surface area (Å²) in [6, 6.07) is 5.72. The van der Waals surface area contributed by atoms with Crippen LogP contribution in [-0.2, 0) is 9.59 Å². The first-order valence-corrected chi connectivity index (χ1v) is 8.68. The van der Waals surface area contributed by atoms with Crippen molar-refractivity contribution in [1.29, 1.82) is 0 Å². The van der Waals surface area contributed by atoms with Crippen LogP contribution >= 0.6 is 0 Å². The van der Waals surface area contributed by atoms with E-state index in [2.05, 4.69) is 13.2 Å². The molecule has 2 atom stereocenters. The minimum Gasteiger partial charge on any atom is -0.507 e. The van der Waals surface area contributed by atoms with E-state index in [-0.39, 0.29) is 11.1 Å². The van der Waals surface area contributed by atoms with Crippen LogP contribution in [0.1, 0.15) is 54.8 Å². The fourth-order valence-corrected chi connectivity index (χ4v) is 3.67. The summed E-state index contributed by atoms with van der Waals surface area (Å²) >= 11 is 0. The molecule has 152 valence electrons. The van der Waals surface area contributed by atoms with E-state index < -0.39 is 69.1 Å². The van der Waals surface area contributed by atoms with E-state index in [0.717, 1.165) is 12.2 Å². The molecule has 0 radical (unpaired) electrons. The predicted octanol–water partition coefficient (Wildman–Crippen LogP) is 2.58. The Hall–Kier alpha value is -4.20. The van der Waals surface area contributed by atoms with E-state index in [1.165, 1.54) is 24.3 Å². The number of carboxylic acid groups (broad SMARTS) is 2. The van der Waals surface area contributed by atoms with Crippen molar-refractivity contribution in [1.82, 2.24) is 0 Å². The van der Waals surface area contributed by atoms with Gasteiger partial charge in [0.05, 0.1) is 11.1 Å². The quantitative estimate of drug-likeness (QED) is 0.359. The molecule has 2 aromatic carbocycles. The lowest BCUT2D eigenvalue weighted by molar-refractivity contribution is -0.139. The summed E-state index contributed by atoms with van der Waals surface area (Å²) in [6.07, 6.45) is 1.83. The molecule has 0 aromatic heterocycles. The zero-order chi connectivity index (χ0) is 22.3. The van der Waals surface area contributed by atoms with Gasteiger partial charge in [-0.15, -0.1) is 13.2 Å². The fourth-order valence-electron chi connectivity index (χ4n) is 3.67. The third-order valence-electron chi connectivity index (χ3n) is 5.02. The van der Waals surface area contributed by atoms with E-state index in [9.17, 15) is 39.6 Å². The molecule has 8 heteroatoms. The number of fused-ring (bicyclic) bond motifs is 2. The summed E-state index contributed by atoms with van der Waals surface area (Å²) in [5.41, 5.74) is -2.32. The van der Waals surface area contributed by atoms with Gasteiger partial charge in [-0.1, -0.05) is 36.4 Å². The number of phenols is 2. The Bertz CT molecular complexity index is 1070. The second kappa shape index (κ2) is 7.32. The molecule has 0 saturated heterocycles. The minimum absolute atomic E-state index is 0.0348. The molecule has 2 unspecified atom stereocenters. The molecule has 0 heterocycles. The fraction of sp³-hybridized carbons (Fsp3) is 0.0909. The van der Waals surface area contributed by atoms with Crippen molar-refractivity contribution in [3.05, 3.63) is 83.0 Å². The van der Waals surface area contributed by atoms with Crippen molar-refractivity contribution in [3.63, 3.8) is 0 Å². The summed E-state index contributed by atoms with van der Waals surface area (Å²) in [6.45, 7) is 6.77. The van der Waals surface area contributed by atoms with Crippen LogP contribution in [0.5, 0.6) is 11.5 Å². The molecule has 30 heavy (non-hydrogen) atoms. The summed E-state index contributed by atoms with van der Waals surface area (Å²) < 4.78 is 0. The topological polar surface area (TPSA) is 149 Å². The Morgan fingerprint density at radius 1 is 0.767 bits per heavy atom. The van der Waals surface area contributed by atoms with Crippen molar-refractivity contribution in [2.75, 3.05) is 0 Å². The molecule has 3 rings (SSSR count). The van der Waals surface area contributed by atoms with Gasteiger partial charge in [-0.3, -0.25) is 19.2 Å². The number of ketones is 2. The molecular formula is C22H16O8. The van der Waals surface area contributed by atoms with Gasteiger partial charge in [0.15, 0.2) is 11.6 Å². The van der Waals surface area contributed by atoms with Gasteiger partial charge in [0.2, 0.25) is 0 Å². The lowest BCUT2D eigenvalue weighted by atomic mass is 9.76. The molecule has 0 aliphatic heterocycles. The first-order valence-electron chi connectivity index (χ1n) is 8.68. The molecule has 0 fully saturated rings. The van der Waals surface area contributed by atoms with Gasteiger partial charge in [-0.25, -0.2) is 0 Å². The zero-order valence-electron chi connectivity index (χ0n) is 15.5. The Kier molecular flexibility index (Phi) is 5.01. The highest BCUT2D eigenvalue weighted by Crippen LogP contribution is 2.48. The van der Waals surface area contributed by atoms with Crippen molar-refractivity contribution in [3.8, 4) is 11.5 Å². The van der Waals surface area contributed by atoms with Gasteiger partial charge in [-0.2, -0.15) is 0 Å². The summed E-state index contributed by atoms with van der Waals surface area (Å²) in [5.74, 6) is -9.76. The van der Waals surface area contributed by atoms with Gasteiger partial charge in [0.25, 0.3) is 0 Å². The number of aromatic hydroxyl groups is 2. The van der Waals surface area contributed by atoms with Crippen LogP contribution < -0.4 is 0 Å². The van der Waals surface area contributed by atoms with Crippen LogP contribution in [0, 0.1) is 0 Å². The lowest BCUT2D eigenvalue weighted by Crippen LogP contribution is -2.25. The van der Waals surface area contributed by atoms with Crippen molar-refractivity contribution < 1.29 is 39.6 Å². The molecule has 2 aromatic rings. The van der Waals surface area contributed by atoms with Gasteiger partial charge in [0.1, 0.15) is 23.3 Å². The van der Waals surface area contributed by atoms with E-state index in [0.29, 0.717) is 0 Å². The lowest BCUT2D eigenvalue weighted by Gasteiger charge is -2.26. The van der Waals surface area contributed by atoms with E-state index in [1.54, 1.807) is 0 Å².